The highest BCUT2D eigenvalue weighted by atomic mass is 32.1. The Morgan fingerprint density at radius 1 is 1.14 bits per heavy atom. The van der Waals surface area contributed by atoms with Gasteiger partial charge < -0.3 is 15.1 Å². The summed E-state index contributed by atoms with van der Waals surface area (Å²) >= 11 is 1.63. The number of rotatable bonds is 2. The lowest BCUT2D eigenvalue weighted by molar-refractivity contribution is -0.120. The zero-order valence-electron chi connectivity index (χ0n) is 15.8. The molecule has 1 saturated heterocycles. The molecule has 9 nitrogen and oxygen atoms in total. The molecule has 3 aromatic rings. The van der Waals surface area contributed by atoms with E-state index in [0.29, 0.717) is 32.0 Å². The van der Waals surface area contributed by atoms with Crippen LogP contribution >= 0.6 is 11.3 Å². The molecule has 1 fully saturated rings. The van der Waals surface area contributed by atoms with Crippen LogP contribution in [0.2, 0.25) is 0 Å². The summed E-state index contributed by atoms with van der Waals surface area (Å²) in [4.78, 5) is 39.9. The summed E-state index contributed by atoms with van der Waals surface area (Å²) < 4.78 is 1.54. The number of amides is 1. The van der Waals surface area contributed by atoms with Gasteiger partial charge in [0.25, 0.3) is 5.56 Å². The first kappa shape index (κ1) is 17.2. The van der Waals surface area contributed by atoms with Crippen molar-refractivity contribution in [3.63, 3.8) is 0 Å². The van der Waals surface area contributed by atoms with Gasteiger partial charge in [-0.2, -0.15) is 4.98 Å². The maximum atomic E-state index is 12.2. The first-order chi connectivity index (χ1) is 13.5. The second kappa shape index (κ2) is 6.33. The molecule has 2 N–H and O–H groups in total. The van der Waals surface area contributed by atoms with Crippen molar-refractivity contribution in [1.29, 1.82) is 0 Å². The second-order valence-electron chi connectivity index (χ2n) is 7.30. The number of anilines is 2. The first-order valence-electron chi connectivity index (χ1n) is 9.31. The lowest BCUT2D eigenvalue weighted by Crippen LogP contribution is -2.48. The Morgan fingerprint density at radius 3 is 2.82 bits per heavy atom. The number of aryl methyl sites for hydroxylation is 2. The van der Waals surface area contributed by atoms with Crippen LogP contribution in [0, 0.1) is 6.92 Å². The number of fused-ring (bicyclic) bond motifs is 2. The van der Waals surface area contributed by atoms with Gasteiger partial charge in [0.15, 0.2) is 0 Å². The van der Waals surface area contributed by atoms with E-state index in [1.807, 2.05) is 4.90 Å². The Hall–Kier alpha value is -2.88. The maximum absolute atomic E-state index is 12.2. The minimum atomic E-state index is -0.0108. The van der Waals surface area contributed by atoms with E-state index in [0.717, 1.165) is 33.8 Å². The predicted octanol–water partition coefficient (Wildman–Crippen LogP) is 0.525. The zero-order valence-corrected chi connectivity index (χ0v) is 16.6. The zero-order chi connectivity index (χ0) is 19.4. The average molecular weight is 399 g/mol. The lowest BCUT2D eigenvalue weighted by Gasteiger charge is -2.30. The number of aromatic nitrogens is 4. The maximum Gasteiger partial charge on any atom is 0.269 e. The van der Waals surface area contributed by atoms with Gasteiger partial charge in [-0.25, -0.2) is 4.98 Å². The molecule has 1 amide bonds. The third-order valence-corrected chi connectivity index (χ3v) is 6.26. The van der Waals surface area contributed by atoms with Crippen LogP contribution in [0.4, 0.5) is 11.8 Å². The molecule has 5 rings (SSSR count). The number of piperazine rings is 1. The molecule has 0 aromatic carbocycles. The summed E-state index contributed by atoms with van der Waals surface area (Å²) in [5.74, 6) is 1.44. The SMILES string of the molecule is Cc1cc2c(N3CCc4c([nH]n(C)c4=O)C3)nc(N3CCNC(=O)C3)nc2s1. The molecule has 28 heavy (non-hydrogen) atoms. The summed E-state index contributed by atoms with van der Waals surface area (Å²) in [5.41, 5.74) is 1.85. The first-order valence-corrected chi connectivity index (χ1v) is 10.1. The number of H-pyrrole nitrogens is 1. The number of carbonyl (C=O) groups excluding carboxylic acids is 1. The highest BCUT2D eigenvalue weighted by Crippen LogP contribution is 2.34. The van der Waals surface area contributed by atoms with E-state index >= 15 is 0 Å². The molecule has 0 spiro atoms. The number of nitrogens with one attached hydrogen (secondary N) is 2. The third kappa shape index (κ3) is 2.75. The van der Waals surface area contributed by atoms with Crippen molar-refractivity contribution in [2.45, 2.75) is 19.9 Å². The molecule has 3 aromatic heterocycles. The van der Waals surface area contributed by atoms with Crippen LogP contribution in [0.25, 0.3) is 10.2 Å². The van der Waals surface area contributed by atoms with E-state index in [1.54, 1.807) is 18.4 Å². The molecular formula is C18H21N7O2S. The van der Waals surface area contributed by atoms with Gasteiger partial charge >= 0.3 is 0 Å². The van der Waals surface area contributed by atoms with Crippen LogP contribution in [-0.4, -0.2) is 51.8 Å². The van der Waals surface area contributed by atoms with Crippen molar-refractivity contribution in [2.75, 3.05) is 36.0 Å². The molecule has 5 heterocycles. The minimum Gasteiger partial charge on any atom is -0.353 e. The normalized spacial score (nSPS) is 17.1. The predicted molar refractivity (Wildman–Crippen MR) is 108 cm³/mol. The van der Waals surface area contributed by atoms with Gasteiger partial charge in [0.2, 0.25) is 11.9 Å². The highest BCUT2D eigenvalue weighted by molar-refractivity contribution is 7.18. The largest absolute Gasteiger partial charge is 0.353 e. The summed E-state index contributed by atoms with van der Waals surface area (Å²) in [7, 11) is 1.75. The summed E-state index contributed by atoms with van der Waals surface area (Å²) in [6.45, 7) is 4.94. The van der Waals surface area contributed by atoms with Crippen molar-refractivity contribution >= 4 is 39.2 Å². The Balaban J connectivity index is 1.58. The molecule has 146 valence electrons. The number of aromatic amines is 1. The molecule has 0 saturated carbocycles. The Morgan fingerprint density at radius 2 is 2.00 bits per heavy atom. The van der Waals surface area contributed by atoms with Crippen molar-refractivity contribution in [3.05, 3.63) is 32.6 Å². The number of nitrogens with zero attached hydrogens (tertiary/aromatic N) is 5. The number of carbonyl (C=O) groups is 1. The van der Waals surface area contributed by atoms with Crippen LogP contribution in [-0.2, 0) is 24.8 Å². The van der Waals surface area contributed by atoms with E-state index < -0.39 is 0 Å². The second-order valence-corrected chi connectivity index (χ2v) is 8.53. The van der Waals surface area contributed by atoms with Gasteiger partial charge in [-0.3, -0.25) is 19.4 Å². The molecule has 2 aliphatic heterocycles. The standard InChI is InChI=1S/C18H21N7O2S/c1-10-7-12-15(24-5-3-11-13(8-24)22-23(2)17(11)27)20-18(21-16(12)28-10)25-6-4-19-14(26)9-25/h7,22H,3-6,8-9H2,1-2H3,(H,19,26). The number of hydrogen-bond acceptors (Lipinski definition) is 7. The van der Waals surface area contributed by atoms with Gasteiger partial charge in [0.1, 0.15) is 10.6 Å². The molecule has 0 unspecified atom stereocenters. The molecule has 0 bridgehead atoms. The van der Waals surface area contributed by atoms with Crippen molar-refractivity contribution in [2.24, 2.45) is 7.05 Å². The van der Waals surface area contributed by atoms with E-state index in [4.69, 9.17) is 9.97 Å². The Labute approximate surface area is 165 Å². The molecule has 10 heteroatoms. The van der Waals surface area contributed by atoms with E-state index in [9.17, 15) is 9.59 Å². The quantitative estimate of drug-likeness (QED) is 0.652. The molecule has 0 atom stereocenters. The Kier molecular flexibility index (Phi) is 3.90. The Bertz CT molecular complexity index is 1140. The number of thiophene rings is 1. The smallest absolute Gasteiger partial charge is 0.269 e. The van der Waals surface area contributed by atoms with Gasteiger partial charge in [-0.05, 0) is 19.4 Å². The van der Waals surface area contributed by atoms with Crippen molar-refractivity contribution < 1.29 is 4.79 Å². The fraction of sp³-hybridized carbons (Fsp3) is 0.444. The average Bonchev–Trinajstić information content (AvgIpc) is 3.19. The molecule has 0 aliphatic carbocycles. The van der Waals surface area contributed by atoms with Gasteiger partial charge in [-0.1, -0.05) is 0 Å². The van der Waals surface area contributed by atoms with Gasteiger partial charge in [-0.15, -0.1) is 11.3 Å². The van der Waals surface area contributed by atoms with Crippen LogP contribution < -0.4 is 20.7 Å². The molecule has 0 radical (unpaired) electrons. The number of hydrogen-bond donors (Lipinski definition) is 2. The van der Waals surface area contributed by atoms with Crippen molar-refractivity contribution in [1.82, 2.24) is 25.1 Å². The van der Waals surface area contributed by atoms with Crippen LogP contribution in [0.3, 0.4) is 0 Å². The topological polar surface area (TPSA) is 99.1 Å². The van der Waals surface area contributed by atoms with Gasteiger partial charge in [0, 0.05) is 37.1 Å². The molecule has 2 aliphatic rings. The highest BCUT2D eigenvalue weighted by Gasteiger charge is 2.27. The minimum absolute atomic E-state index is 0.0108. The third-order valence-electron chi connectivity index (χ3n) is 5.32. The van der Waals surface area contributed by atoms with E-state index in [1.165, 1.54) is 9.56 Å². The van der Waals surface area contributed by atoms with Gasteiger partial charge in [0.05, 0.1) is 24.2 Å². The fourth-order valence-electron chi connectivity index (χ4n) is 3.95. The van der Waals surface area contributed by atoms with E-state index in [-0.39, 0.29) is 18.0 Å². The van der Waals surface area contributed by atoms with Crippen LogP contribution in [0.1, 0.15) is 16.1 Å². The summed E-state index contributed by atoms with van der Waals surface area (Å²) in [6.07, 6.45) is 0.682. The van der Waals surface area contributed by atoms with Crippen LogP contribution in [0.5, 0.6) is 0 Å². The summed E-state index contributed by atoms with van der Waals surface area (Å²) in [6, 6.07) is 2.12. The van der Waals surface area contributed by atoms with Crippen molar-refractivity contribution in [3.8, 4) is 0 Å². The monoisotopic (exact) mass is 399 g/mol. The molecular weight excluding hydrogens is 378 g/mol. The summed E-state index contributed by atoms with van der Waals surface area (Å²) in [5, 5.41) is 7.02. The fourth-order valence-corrected chi connectivity index (χ4v) is 4.82. The van der Waals surface area contributed by atoms with E-state index in [2.05, 4.69) is 28.3 Å². The van der Waals surface area contributed by atoms with Crippen LogP contribution in [0.15, 0.2) is 10.9 Å². The lowest BCUT2D eigenvalue weighted by atomic mass is 10.1.